The molecule has 4 nitrogen and oxygen atoms in total. The monoisotopic (exact) mass is 273 g/mol. The van der Waals surface area contributed by atoms with Crippen molar-refractivity contribution >= 4 is 21.7 Å². The lowest BCUT2D eigenvalue weighted by Crippen LogP contribution is -2.28. The first-order chi connectivity index (χ1) is 7.13. The maximum Gasteiger partial charge on any atom is 0.132 e. The molecule has 1 aromatic rings. The molecule has 0 aliphatic carbocycles. The standard InChI is InChI=1S/C10H16BrN3O/c1-8-12-5-4-10(13-8)14(2)6-9(11)7-15-3/h4-5,9H,6-7H2,1-3H3. The Kier molecular flexibility index (Phi) is 4.98. The van der Waals surface area contributed by atoms with Gasteiger partial charge in [0, 0.05) is 26.9 Å². The van der Waals surface area contributed by atoms with E-state index in [2.05, 4.69) is 30.8 Å². The molecule has 0 spiro atoms. The van der Waals surface area contributed by atoms with E-state index in [0.717, 1.165) is 18.2 Å². The molecular weight excluding hydrogens is 258 g/mol. The number of anilines is 1. The Morgan fingerprint density at radius 3 is 2.93 bits per heavy atom. The highest BCUT2D eigenvalue weighted by Crippen LogP contribution is 2.10. The van der Waals surface area contributed by atoms with Gasteiger partial charge in [0.05, 0.1) is 11.4 Å². The molecule has 0 N–H and O–H groups in total. The molecule has 1 heterocycles. The van der Waals surface area contributed by atoms with Gasteiger partial charge in [-0.2, -0.15) is 0 Å². The predicted octanol–water partition coefficient (Wildman–Crippen LogP) is 1.63. The number of nitrogens with zero attached hydrogens (tertiary/aromatic N) is 3. The van der Waals surface area contributed by atoms with E-state index < -0.39 is 0 Å². The SMILES string of the molecule is COCC(Br)CN(C)c1ccnc(C)n1. The highest BCUT2D eigenvalue weighted by molar-refractivity contribution is 9.09. The number of halogens is 1. The molecule has 0 radical (unpaired) electrons. The smallest absolute Gasteiger partial charge is 0.132 e. The Morgan fingerprint density at radius 1 is 1.60 bits per heavy atom. The Balaban J connectivity index is 2.56. The van der Waals surface area contributed by atoms with Gasteiger partial charge in [-0.1, -0.05) is 15.9 Å². The second-order valence-corrected chi connectivity index (χ2v) is 4.69. The summed E-state index contributed by atoms with van der Waals surface area (Å²) in [6.45, 7) is 3.43. The van der Waals surface area contributed by atoms with E-state index in [1.54, 1.807) is 13.3 Å². The number of alkyl halides is 1. The van der Waals surface area contributed by atoms with Crippen LogP contribution in [0.15, 0.2) is 12.3 Å². The molecule has 1 atom stereocenters. The van der Waals surface area contributed by atoms with Crippen molar-refractivity contribution in [3.05, 3.63) is 18.1 Å². The van der Waals surface area contributed by atoms with Crippen molar-refractivity contribution < 1.29 is 4.74 Å². The van der Waals surface area contributed by atoms with Gasteiger partial charge in [-0.25, -0.2) is 9.97 Å². The normalized spacial score (nSPS) is 12.5. The third-order valence-corrected chi connectivity index (χ3v) is 2.53. The van der Waals surface area contributed by atoms with Gasteiger partial charge >= 0.3 is 0 Å². The number of ether oxygens (including phenoxy) is 1. The molecule has 84 valence electrons. The zero-order valence-electron chi connectivity index (χ0n) is 9.27. The minimum atomic E-state index is 0.308. The summed E-state index contributed by atoms with van der Waals surface area (Å²) >= 11 is 3.54. The molecule has 0 saturated heterocycles. The van der Waals surface area contributed by atoms with E-state index in [9.17, 15) is 0 Å². The number of hydrogen-bond donors (Lipinski definition) is 0. The molecule has 0 aliphatic heterocycles. The van der Waals surface area contributed by atoms with Gasteiger partial charge in [0.2, 0.25) is 0 Å². The third-order valence-electron chi connectivity index (χ3n) is 1.97. The number of hydrogen-bond acceptors (Lipinski definition) is 4. The molecule has 0 bridgehead atoms. The first-order valence-corrected chi connectivity index (χ1v) is 5.69. The summed E-state index contributed by atoms with van der Waals surface area (Å²) < 4.78 is 5.06. The van der Waals surface area contributed by atoms with Gasteiger partial charge in [0.15, 0.2) is 0 Å². The third kappa shape index (κ3) is 4.13. The molecule has 0 fully saturated rings. The minimum absolute atomic E-state index is 0.308. The van der Waals surface area contributed by atoms with Gasteiger partial charge in [-0.3, -0.25) is 0 Å². The highest BCUT2D eigenvalue weighted by Gasteiger charge is 2.09. The summed E-state index contributed by atoms with van der Waals surface area (Å²) in [4.78, 5) is 10.8. The van der Waals surface area contributed by atoms with Crippen LogP contribution in [0.2, 0.25) is 0 Å². The summed E-state index contributed by atoms with van der Waals surface area (Å²) in [7, 11) is 3.70. The first-order valence-electron chi connectivity index (χ1n) is 4.77. The average molecular weight is 274 g/mol. The van der Waals surface area contributed by atoms with Crippen LogP contribution < -0.4 is 4.90 Å². The van der Waals surface area contributed by atoms with Crippen LogP contribution in [0.1, 0.15) is 5.82 Å². The molecule has 1 aromatic heterocycles. The molecule has 0 amide bonds. The van der Waals surface area contributed by atoms with Crippen molar-refractivity contribution in [3.8, 4) is 0 Å². The summed E-state index contributed by atoms with van der Waals surface area (Å²) in [6.07, 6.45) is 1.77. The van der Waals surface area contributed by atoms with Crippen molar-refractivity contribution in [2.45, 2.75) is 11.8 Å². The van der Waals surface area contributed by atoms with Gasteiger partial charge in [0.25, 0.3) is 0 Å². The van der Waals surface area contributed by atoms with Crippen LogP contribution in [-0.4, -0.2) is 42.1 Å². The molecule has 1 rings (SSSR count). The Morgan fingerprint density at radius 2 is 2.33 bits per heavy atom. The maximum absolute atomic E-state index is 5.06. The molecule has 0 aliphatic rings. The molecule has 0 aromatic carbocycles. The Bertz CT molecular complexity index is 308. The highest BCUT2D eigenvalue weighted by atomic mass is 79.9. The topological polar surface area (TPSA) is 38.2 Å². The van der Waals surface area contributed by atoms with E-state index in [1.165, 1.54) is 0 Å². The van der Waals surface area contributed by atoms with Crippen molar-refractivity contribution in [2.75, 3.05) is 32.2 Å². The van der Waals surface area contributed by atoms with Crippen molar-refractivity contribution in [1.82, 2.24) is 9.97 Å². The molecule has 1 unspecified atom stereocenters. The fourth-order valence-electron chi connectivity index (χ4n) is 1.28. The number of aromatic nitrogens is 2. The van der Waals surface area contributed by atoms with Crippen LogP contribution in [0, 0.1) is 6.92 Å². The zero-order valence-corrected chi connectivity index (χ0v) is 10.9. The Labute approximate surface area is 98.8 Å². The van der Waals surface area contributed by atoms with E-state index in [1.807, 2.05) is 20.0 Å². The fourth-order valence-corrected chi connectivity index (χ4v) is 1.98. The average Bonchev–Trinajstić information content (AvgIpc) is 2.18. The lowest BCUT2D eigenvalue weighted by atomic mass is 10.4. The summed E-state index contributed by atoms with van der Waals surface area (Å²) in [5.74, 6) is 1.72. The number of aryl methyl sites for hydroxylation is 1. The summed E-state index contributed by atoms with van der Waals surface area (Å²) in [5, 5.41) is 0. The van der Waals surface area contributed by atoms with Crippen LogP contribution >= 0.6 is 15.9 Å². The van der Waals surface area contributed by atoms with Gasteiger partial charge in [-0.15, -0.1) is 0 Å². The largest absolute Gasteiger partial charge is 0.383 e. The lowest BCUT2D eigenvalue weighted by molar-refractivity contribution is 0.201. The first kappa shape index (κ1) is 12.4. The van der Waals surface area contributed by atoms with Gasteiger partial charge in [0.1, 0.15) is 11.6 Å². The number of rotatable bonds is 5. The van der Waals surface area contributed by atoms with Crippen LogP contribution in [0.3, 0.4) is 0 Å². The fraction of sp³-hybridized carbons (Fsp3) is 0.600. The second kappa shape index (κ2) is 6.02. The van der Waals surface area contributed by atoms with Gasteiger partial charge < -0.3 is 9.64 Å². The lowest BCUT2D eigenvalue weighted by Gasteiger charge is -2.21. The van der Waals surface area contributed by atoms with E-state index in [4.69, 9.17) is 4.74 Å². The molecular formula is C10H16BrN3O. The van der Waals surface area contributed by atoms with E-state index in [0.29, 0.717) is 11.4 Å². The van der Waals surface area contributed by atoms with Crippen molar-refractivity contribution in [3.63, 3.8) is 0 Å². The van der Waals surface area contributed by atoms with E-state index >= 15 is 0 Å². The van der Waals surface area contributed by atoms with Crippen molar-refractivity contribution in [2.24, 2.45) is 0 Å². The summed E-state index contributed by atoms with van der Waals surface area (Å²) in [6, 6.07) is 1.90. The zero-order chi connectivity index (χ0) is 11.3. The maximum atomic E-state index is 5.06. The predicted molar refractivity (Wildman–Crippen MR) is 64.6 cm³/mol. The molecule has 15 heavy (non-hydrogen) atoms. The second-order valence-electron chi connectivity index (χ2n) is 3.40. The van der Waals surface area contributed by atoms with Crippen molar-refractivity contribution in [1.29, 1.82) is 0 Å². The van der Waals surface area contributed by atoms with Crippen LogP contribution in [-0.2, 0) is 4.74 Å². The van der Waals surface area contributed by atoms with Crippen LogP contribution in [0.5, 0.6) is 0 Å². The van der Waals surface area contributed by atoms with E-state index in [-0.39, 0.29) is 0 Å². The summed E-state index contributed by atoms with van der Waals surface area (Å²) in [5.41, 5.74) is 0. The van der Waals surface area contributed by atoms with Crippen LogP contribution in [0.4, 0.5) is 5.82 Å². The molecule has 0 saturated carbocycles. The minimum Gasteiger partial charge on any atom is -0.383 e. The Hall–Kier alpha value is -0.680. The van der Waals surface area contributed by atoms with Gasteiger partial charge in [-0.05, 0) is 13.0 Å². The molecule has 5 heteroatoms. The number of methoxy groups -OCH3 is 1. The van der Waals surface area contributed by atoms with Crippen LogP contribution in [0.25, 0.3) is 0 Å². The quantitative estimate of drug-likeness (QED) is 0.765.